The summed E-state index contributed by atoms with van der Waals surface area (Å²) in [5, 5.41) is 0. The van der Waals surface area contributed by atoms with Crippen molar-refractivity contribution in [2.24, 2.45) is 0 Å². The number of nitrogens with zero attached hydrogens (tertiary/aromatic N) is 1. The third-order valence-corrected chi connectivity index (χ3v) is 4.09. The van der Waals surface area contributed by atoms with Crippen LogP contribution in [0.3, 0.4) is 0 Å². The maximum absolute atomic E-state index is 2.54. The summed E-state index contributed by atoms with van der Waals surface area (Å²) in [6.07, 6.45) is 11.6. The van der Waals surface area contributed by atoms with Crippen LogP contribution in [0.25, 0.3) is 6.08 Å². The third-order valence-electron chi connectivity index (χ3n) is 4.09. The van der Waals surface area contributed by atoms with Gasteiger partial charge in [0, 0.05) is 17.8 Å². The van der Waals surface area contributed by atoms with Crippen molar-refractivity contribution in [1.82, 2.24) is 4.90 Å². The summed E-state index contributed by atoms with van der Waals surface area (Å²) in [7, 11) is 0. The predicted octanol–water partition coefficient (Wildman–Crippen LogP) is 4.92. The zero-order valence-corrected chi connectivity index (χ0v) is 12.7. The number of hydrogen-bond acceptors (Lipinski definition) is 1. The highest BCUT2D eigenvalue weighted by Gasteiger charge is 2.27. The standard InChI is InChI=1S/C19H23N/c1-19(2,3)20-14-17-10-5-4-8-15(17)12-13-16-9-6-7-11-18(16)20/h4-5,8-13H,6-7,14H2,1-3H3/b13-12-. The molecule has 0 aromatic heterocycles. The molecule has 104 valence electrons. The summed E-state index contributed by atoms with van der Waals surface area (Å²) in [6, 6.07) is 8.72. The zero-order valence-electron chi connectivity index (χ0n) is 12.7. The van der Waals surface area contributed by atoms with Crippen molar-refractivity contribution in [2.75, 3.05) is 0 Å². The highest BCUT2D eigenvalue weighted by molar-refractivity contribution is 5.61. The lowest BCUT2D eigenvalue weighted by molar-refractivity contribution is 0.180. The van der Waals surface area contributed by atoms with Gasteiger partial charge in [0.15, 0.2) is 0 Å². The van der Waals surface area contributed by atoms with Crippen molar-refractivity contribution in [3.63, 3.8) is 0 Å². The molecule has 1 heterocycles. The fourth-order valence-corrected chi connectivity index (χ4v) is 2.98. The predicted molar refractivity (Wildman–Crippen MR) is 86.2 cm³/mol. The Morgan fingerprint density at radius 3 is 2.50 bits per heavy atom. The Morgan fingerprint density at radius 1 is 0.950 bits per heavy atom. The van der Waals surface area contributed by atoms with Crippen LogP contribution in [0.4, 0.5) is 0 Å². The molecule has 1 aromatic carbocycles. The molecule has 3 rings (SSSR count). The van der Waals surface area contributed by atoms with E-state index in [9.17, 15) is 0 Å². The van der Waals surface area contributed by atoms with Crippen molar-refractivity contribution in [2.45, 2.75) is 45.7 Å². The fraction of sp³-hybridized carbons (Fsp3) is 0.368. The first kappa shape index (κ1) is 13.2. The second-order valence-corrected chi connectivity index (χ2v) is 6.62. The minimum atomic E-state index is 0.126. The van der Waals surface area contributed by atoms with E-state index in [1.165, 1.54) is 22.4 Å². The van der Waals surface area contributed by atoms with Gasteiger partial charge in [-0.1, -0.05) is 48.6 Å². The molecule has 0 fully saturated rings. The normalized spacial score (nSPS) is 20.1. The third kappa shape index (κ3) is 2.45. The van der Waals surface area contributed by atoms with Gasteiger partial charge in [0.25, 0.3) is 0 Å². The topological polar surface area (TPSA) is 3.24 Å². The van der Waals surface area contributed by atoms with Crippen molar-refractivity contribution >= 4 is 6.08 Å². The summed E-state index contributed by atoms with van der Waals surface area (Å²) < 4.78 is 0. The molecule has 0 N–H and O–H groups in total. The molecule has 20 heavy (non-hydrogen) atoms. The molecule has 0 saturated heterocycles. The van der Waals surface area contributed by atoms with Crippen molar-refractivity contribution < 1.29 is 0 Å². The molecule has 1 aliphatic carbocycles. The van der Waals surface area contributed by atoms with Crippen LogP contribution in [-0.4, -0.2) is 10.4 Å². The van der Waals surface area contributed by atoms with E-state index < -0.39 is 0 Å². The Morgan fingerprint density at radius 2 is 1.70 bits per heavy atom. The number of hydrogen-bond donors (Lipinski definition) is 0. The lowest BCUT2D eigenvalue weighted by Gasteiger charge is -2.42. The number of rotatable bonds is 0. The highest BCUT2D eigenvalue weighted by Crippen LogP contribution is 2.34. The molecule has 1 aliphatic heterocycles. The Balaban J connectivity index is 2.13. The summed E-state index contributed by atoms with van der Waals surface area (Å²) in [4.78, 5) is 2.54. The maximum atomic E-state index is 2.54. The fourth-order valence-electron chi connectivity index (χ4n) is 2.98. The van der Waals surface area contributed by atoms with E-state index in [2.05, 4.69) is 74.2 Å². The van der Waals surface area contributed by atoms with Crippen LogP contribution in [0.15, 0.2) is 53.8 Å². The van der Waals surface area contributed by atoms with Crippen LogP contribution in [0.2, 0.25) is 0 Å². The Kier molecular flexibility index (Phi) is 3.29. The number of fused-ring (bicyclic) bond motifs is 2. The molecular weight excluding hydrogens is 242 g/mol. The molecule has 0 unspecified atom stereocenters. The quantitative estimate of drug-likeness (QED) is 0.643. The Bertz CT molecular complexity index is 596. The molecule has 1 heteroatoms. The molecule has 0 bridgehead atoms. The zero-order chi connectivity index (χ0) is 14.2. The van der Waals surface area contributed by atoms with E-state index in [1.807, 2.05) is 0 Å². The monoisotopic (exact) mass is 265 g/mol. The van der Waals surface area contributed by atoms with Crippen LogP contribution in [-0.2, 0) is 6.54 Å². The van der Waals surface area contributed by atoms with E-state index in [0.717, 1.165) is 19.4 Å². The van der Waals surface area contributed by atoms with Gasteiger partial charge in [-0.3, -0.25) is 0 Å². The average Bonchev–Trinajstić information content (AvgIpc) is 2.40. The first-order chi connectivity index (χ1) is 9.55. The smallest absolute Gasteiger partial charge is 0.0440 e. The molecule has 2 aliphatic rings. The number of benzene rings is 1. The van der Waals surface area contributed by atoms with Gasteiger partial charge in [-0.2, -0.15) is 0 Å². The lowest BCUT2D eigenvalue weighted by atomic mass is 9.92. The van der Waals surface area contributed by atoms with Crippen molar-refractivity contribution in [3.8, 4) is 0 Å². The Labute approximate surface area is 122 Å². The van der Waals surface area contributed by atoms with Crippen molar-refractivity contribution in [1.29, 1.82) is 0 Å². The van der Waals surface area contributed by atoms with Gasteiger partial charge in [0.05, 0.1) is 0 Å². The summed E-state index contributed by atoms with van der Waals surface area (Å²) >= 11 is 0. The van der Waals surface area contributed by atoms with E-state index in [4.69, 9.17) is 0 Å². The largest absolute Gasteiger partial charge is 0.362 e. The molecule has 0 amide bonds. The molecule has 1 nitrogen and oxygen atoms in total. The first-order valence-electron chi connectivity index (χ1n) is 7.50. The maximum Gasteiger partial charge on any atom is 0.0440 e. The minimum absolute atomic E-state index is 0.126. The lowest BCUT2D eigenvalue weighted by Crippen LogP contribution is -2.41. The van der Waals surface area contributed by atoms with E-state index in [-0.39, 0.29) is 5.54 Å². The van der Waals surface area contributed by atoms with Gasteiger partial charge in [0.2, 0.25) is 0 Å². The summed E-state index contributed by atoms with van der Waals surface area (Å²) in [6.45, 7) is 7.88. The number of allylic oxidation sites excluding steroid dienone is 3. The van der Waals surface area contributed by atoms with Crippen molar-refractivity contribution in [3.05, 3.63) is 64.9 Å². The molecule has 0 saturated carbocycles. The minimum Gasteiger partial charge on any atom is -0.362 e. The second kappa shape index (κ2) is 4.97. The second-order valence-electron chi connectivity index (χ2n) is 6.62. The van der Waals surface area contributed by atoms with Crippen LogP contribution in [0.1, 0.15) is 44.7 Å². The van der Waals surface area contributed by atoms with Crippen LogP contribution in [0.5, 0.6) is 0 Å². The van der Waals surface area contributed by atoms with Crippen LogP contribution in [0, 0.1) is 0 Å². The summed E-state index contributed by atoms with van der Waals surface area (Å²) in [5.41, 5.74) is 5.65. The summed E-state index contributed by atoms with van der Waals surface area (Å²) in [5.74, 6) is 0. The van der Waals surface area contributed by atoms with Gasteiger partial charge in [-0.05, 0) is 50.3 Å². The molecular formula is C19H23N. The molecule has 0 radical (unpaired) electrons. The molecule has 0 atom stereocenters. The highest BCUT2D eigenvalue weighted by atomic mass is 15.2. The van der Waals surface area contributed by atoms with Gasteiger partial charge >= 0.3 is 0 Å². The van der Waals surface area contributed by atoms with Gasteiger partial charge in [-0.25, -0.2) is 0 Å². The SMILES string of the molecule is CC(C)(C)N1Cc2ccccc2/C=C\C2=CCCC=C21. The van der Waals surface area contributed by atoms with E-state index in [0.29, 0.717) is 0 Å². The van der Waals surface area contributed by atoms with Gasteiger partial charge < -0.3 is 4.90 Å². The average molecular weight is 265 g/mol. The van der Waals surface area contributed by atoms with Crippen LogP contribution < -0.4 is 0 Å². The van der Waals surface area contributed by atoms with E-state index >= 15 is 0 Å². The van der Waals surface area contributed by atoms with E-state index in [1.54, 1.807) is 0 Å². The van der Waals surface area contributed by atoms with Gasteiger partial charge in [0.1, 0.15) is 0 Å². The Hall–Kier alpha value is -1.76. The molecule has 1 aromatic rings. The van der Waals surface area contributed by atoms with Gasteiger partial charge in [-0.15, -0.1) is 0 Å². The first-order valence-corrected chi connectivity index (χ1v) is 7.50. The molecule has 0 spiro atoms. The van der Waals surface area contributed by atoms with Crippen LogP contribution >= 0.6 is 0 Å².